The first kappa shape index (κ1) is 26.9. The van der Waals surface area contributed by atoms with E-state index in [9.17, 15) is 10.2 Å². The Bertz CT molecular complexity index is 1730. The second kappa shape index (κ2) is 9.38. The molecule has 5 aromatic rings. The van der Waals surface area contributed by atoms with Crippen LogP contribution in [0.4, 0.5) is 0 Å². The van der Waals surface area contributed by atoms with Gasteiger partial charge >= 0.3 is 0 Å². The minimum absolute atomic E-state index is 0.204. The van der Waals surface area contributed by atoms with Crippen molar-refractivity contribution in [1.82, 2.24) is 0 Å². The molecule has 0 bridgehead atoms. The summed E-state index contributed by atoms with van der Waals surface area (Å²) in [6.45, 7) is 13.1. The van der Waals surface area contributed by atoms with Gasteiger partial charge < -0.3 is 10.2 Å². The summed E-state index contributed by atoms with van der Waals surface area (Å²) in [4.78, 5) is 0. The number of phenols is 2. The van der Waals surface area contributed by atoms with Gasteiger partial charge in [0.2, 0.25) is 0 Å². The van der Waals surface area contributed by atoms with Gasteiger partial charge in [0.25, 0.3) is 0 Å². The van der Waals surface area contributed by atoms with Gasteiger partial charge in [-0.2, -0.15) is 0 Å². The van der Waals surface area contributed by atoms with Gasteiger partial charge in [-0.05, 0) is 82.1 Å². The Balaban J connectivity index is 1.40. The molecule has 5 aromatic carbocycles. The molecule has 1 aliphatic carbocycles. The average Bonchev–Trinajstić information content (AvgIpc) is 3.24. The minimum atomic E-state index is -0.459. The summed E-state index contributed by atoms with van der Waals surface area (Å²) in [5, 5.41) is 21.3. The van der Waals surface area contributed by atoms with Crippen molar-refractivity contribution in [2.75, 3.05) is 0 Å². The summed E-state index contributed by atoms with van der Waals surface area (Å²) in [6.07, 6.45) is 0. The Hall–Kier alpha value is -4.30. The van der Waals surface area contributed by atoms with Gasteiger partial charge in [-0.3, -0.25) is 0 Å². The Kier molecular flexibility index (Phi) is 6.15. The van der Waals surface area contributed by atoms with Crippen molar-refractivity contribution < 1.29 is 10.2 Å². The van der Waals surface area contributed by atoms with Crippen LogP contribution in [-0.2, 0) is 16.2 Å². The molecule has 0 atom stereocenters. The van der Waals surface area contributed by atoms with Crippen LogP contribution in [0.1, 0.15) is 79.1 Å². The molecular weight excluding hydrogens is 500 g/mol. The van der Waals surface area contributed by atoms with Crippen molar-refractivity contribution in [1.29, 1.82) is 0 Å². The Morgan fingerprint density at radius 1 is 0.488 bits per heavy atom. The van der Waals surface area contributed by atoms with Crippen molar-refractivity contribution in [3.05, 3.63) is 154 Å². The van der Waals surface area contributed by atoms with Crippen LogP contribution in [0.5, 0.6) is 11.5 Å². The number of fused-ring (bicyclic) bond motifs is 3. The molecule has 2 heteroatoms. The zero-order valence-corrected chi connectivity index (χ0v) is 24.8. The largest absolute Gasteiger partial charge is 0.508 e. The lowest BCUT2D eigenvalue weighted by Crippen LogP contribution is -2.25. The van der Waals surface area contributed by atoms with E-state index in [1.165, 1.54) is 38.9 Å². The van der Waals surface area contributed by atoms with Crippen molar-refractivity contribution in [3.8, 4) is 22.6 Å². The van der Waals surface area contributed by atoms with Gasteiger partial charge in [-0.1, -0.05) is 119 Å². The molecule has 0 radical (unpaired) electrons. The van der Waals surface area contributed by atoms with Gasteiger partial charge in [-0.25, -0.2) is 0 Å². The molecule has 41 heavy (non-hydrogen) atoms. The van der Waals surface area contributed by atoms with Gasteiger partial charge in [0.1, 0.15) is 11.5 Å². The number of benzene rings is 5. The van der Waals surface area contributed by atoms with Crippen molar-refractivity contribution in [3.63, 3.8) is 0 Å². The van der Waals surface area contributed by atoms with Crippen molar-refractivity contribution in [2.45, 2.75) is 57.8 Å². The molecule has 6 rings (SSSR count). The smallest absolute Gasteiger partial charge is 0.120 e. The van der Waals surface area contributed by atoms with Crippen LogP contribution in [-0.4, -0.2) is 10.2 Å². The summed E-state index contributed by atoms with van der Waals surface area (Å²) >= 11 is 0. The zero-order valence-electron chi connectivity index (χ0n) is 24.8. The van der Waals surface area contributed by atoms with E-state index in [0.717, 1.165) is 16.7 Å². The molecule has 206 valence electrons. The second-order valence-electron chi connectivity index (χ2n) is 12.8. The van der Waals surface area contributed by atoms with Crippen LogP contribution >= 0.6 is 0 Å². The molecule has 2 N–H and O–H groups in total. The van der Waals surface area contributed by atoms with E-state index < -0.39 is 5.41 Å². The summed E-state index contributed by atoms with van der Waals surface area (Å²) in [5.74, 6) is 0.646. The molecule has 0 amide bonds. The summed E-state index contributed by atoms with van der Waals surface area (Å²) < 4.78 is 0. The van der Waals surface area contributed by atoms with Crippen molar-refractivity contribution >= 4 is 0 Å². The monoisotopic (exact) mass is 538 g/mol. The number of rotatable bonds is 5. The van der Waals surface area contributed by atoms with Gasteiger partial charge in [0, 0.05) is 21.8 Å². The topological polar surface area (TPSA) is 40.5 Å². The van der Waals surface area contributed by atoms with E-state index in [1.54, 1.807) is 6.07 Å². The van der Waals surface area contributed by atoms with E-state index in [-0.39, 0.29) is 10.8 Å². The first-order valence-corrected chi connectivity index (χ1v) is 14.4. The average molecular weight is 539 g/mol. The Morgan fingerprint density at radius 3 is 1.39 bits per heavy atom. The van der Waals surface area contributed by atoms with E-state index in [1.807, 2.05) is 19.1 Å². The normalized spacial score (nSPS) is 14.0. The number of aromatic hydroxyl groups is 2. The van der Waals surface area contributed by atoms with Crippen LogP contribution in [0, 0.1) is 6.92 Å². The van der Waals surface area contributed by atoms with E-state index in [0.29, 0.717) is 11.5 Å². The lowest BCUT2D eigenvalue weighted by Gasteiger charge is -2.33. The predicted octanol–water partition coefficient (Wildman–Crippen LogP) is 9.39. The number of phenolic OH excluding ortho intramolecular Hbond substituents is 2. The van der Waals surface area contributed by atoms with Gasteiger partial charge in [0.15, 0.2) is 0 Å². The molecule has 0 aliphatic heterocycles. The third kappa shape index (κ3) is 4.08. The SMILES string of the molecule is Cc1cc(C(C)(C)c2ccc(C(C)(C)c3ccc(O)c(C4(C)c5ccccc5-c5ccccc54)c3)cc2)ccc1O. The standard InChI is InChI=1S/C39H38O2/c1-25-23-28(19-21-35(25)40)37(2,3)26-15-17-27(18-16-26)38(4,5)29-20-22-36(41)34(24-29)39(6)32-13-9-7-11-30(32)31-12-8-10-14-33(31)39/h7-24,40-41H,1-6H3. The molecule has 0 saturated heterocycles. The lowest BCUT2D eigenvalue weighted by atomic mass is 9.70. The van der Waals surface area contributed by atoms with Gasteiger partial charge in [-0.15, -0.1) is 0 Å². The first-order chi connectivity index (χ1) is 19.5. The molecular formula is C39H38O2. The maximum absolute atomic E-state index is 11.3. The molecule has 0 spiro atoms. The highest BCUT2D eigenvalue weighted by atomic mass is 16.3. The fourth-order valence-corrected chi connectivity index (χ4v) is 6.75. The molecule has 0 fully saturated rings. The lowest BCUT2D eigenvalue weighted by molar-refractivity contribution is 0.457. The predicted molar refractivity (Wildman–Crippen MR) is 169 cm³/mol. The highest BCUT2D eigenvalue weighted by Gasteiger charge is 2.42. The summed E-state index contributed by atoms with van der Waals surface area (Å²) in [6, 6.07) is 38.1. The van der Waals surface area contributed by atoms with Crippen molar-refractivity contribution in [2.24, 2.45) is 0 Å². The van der Waals surface area contributed by atoms with Crippen LogP contribution in [0.2, 0.25) is 0 Å². The summed E-state index contributed by atoms with van der Waals surface area (Å²) in [5.41, 5.74) is 10.6. The quantitative estimate of drug-likeness (QED) is 0.234. The minimum Gasteiger partial charge on any atom is -0.508 e. The molecule has 1 aliphatic rings. The number of hydrogen-bond donors (Lipinski definition) is 2. The highest BCUT2D eigenvalue weighted by molar-refractivity contribution is 5.83. The highest BCUT2D eigenvalue weighted by Crippen LogP contribution is 2.54. The van der Waals surface area contributed by atoms with Crippen LogP contribution in [0.15, 0.2) is 109 Å². The zero-order chi connectivity index (χ0) is 29.2. The molecule has 0 unspecified atom stereocenters. The van der Waals surface area contributed by atoms with Crippen LogP contribution in [0.3, 0.4) is 0 Å². The van der Waals surface area contributed by atoms with E-state index in [4.69, 9.17) is 0 Å². The molecule has 0 saturated carbocycles. The maximum Gasteiger partial charge on any atom is 0.120 e. The van der Waals surface area contributed by atoms with E-state index in [2.05, 4.69) is 126 Å². The molecule has 2 nitrogen and oxygen atoms in total. The fourth-order valence-electron chi connectivity index (χ4n) is 6.75. The Morgan fingerprint density at radius 2 is 0.902 bits per heavy atom. The number of aryl methyl sites for hydroxylation is 1. The third-order valence-corrected chi connectivity index (χ3v) is 9.73. The number of hydrogen-bond acceptors (Lipinski definition) is 2. The second-order valence-corrected chi connectivity index (χ2v) is 12.8. The Labute approximate surface area is 244 Å². The van der Waals surface area contributed by atoms with E-state index >= 15 is 0 Å². The molecule has 0 heterocycles. The molecule has 0 aromatic heterocycles. The fraction of sp³-hybridized carbons (Fsp3) is 0.231. The first-order valence-electron chi connectivity index (χ1n) is 14.4. The van der Waals surface area contributed by atoms with Crippen LogP contribution in [0.25, 0.3) is 11.1 Å². The summed E-state index contributed by atoms with van der Waals surface area (Å²) in [7, 11) is 0. The van der Waals surface area contributed by atoms with Crippen LogP contribution < -0.4 is 0 Å². The van der Waals surface area contributed by atoms with Gasteiger partial charge in [0.05, 0.1) is 0 Å². The third-order valence-electron chi connectivity index (χ3n) is 9.73. The maximum atomic E-state index is 11.3.